The lowest BCUT2D eigenvalue weighted by Gasteiger charge is -2.11. The topological polar surface area (TPSA) is 57.0 Å². The third-order valence-corrected chi connectivity index (χ3v) is 6.33. The molecule has 0 aliphatic carbocycles. The molecule has 1 aromatic heterocycles. The summed E-state index contributed by atoms with van der Waals surface area (Å²) in [6.45, 7) is 7.38. The van der Waals surface area contributed by atoms with E-state index in [0.29, 0.717) is 34.9 Å². The molecular formula is C23H26ClN3O2S. The Bertz CT molecular complexity index is 1050. The Labute approximate surface area is 186 Å². The quantitative estimate of drug-likeness (QED) is 0.247. The number of aromatic nitrogens is 3. The first-order valence-electron chi connectivity index (χ1n) is 9.83. The Hall–Kier alpha value is -2.15. The van der Waals surface area contributed by atoms with E-state index in [2.05, 4.69) is 23.2 Å². The number of Topliss-reactive ketones (excluding diaryl/α,β-unsaturated/α-hetero) is 1. The van der Waals surface area contributed by atoms with Crippen molar-refractivity contribution in [3.8, 4) is 11.4 Å². The number of ether oxygens (including phenoxy) is 1. The van der Waals surface area contributed by atoms with Gasteiger partial charge in [-0.1, -0.05) is 41.6 Å². The lowest BCUT2D eigenvalue weighted by Crippen LogP contribution is -2.09. The normalized spacial score (nSPS) is 11.1. The number of ketones is 1. The minimum Gasteiger partial charge on any atom is -0.385 e. The van der Waals surface area contributed by atoms with Gasteiger partial charge in [-0.25, -0.2) is 0 Å². The Morgan fingerprint density at radius 2 is 1.83 bits per heavy atom. The van der Waals surface area contributed by atoms with Gasteiger partial charge < -0.3 is 9.30 Å². The minimum absolute atomic E-state index is 0.0892. The molecule has 2 aromatic carbocycles. The first-order valence-corrected chi connectivity index (χ1v) is 11.2. The molecule has 158 valence electrons. The molecule has 3 aromatic rings. The summed E-state index contributed by atoms with van der Waals surface area (Å²) >= 11 is 7.79. The molecule has 0 spiro atoms. The number of carbonyl (C=O) groups excluding carboxylic acids is 1. The first-order chi connectivity index (χ1) is 14.4. The second-order valence-corrected chi connectivity index (χ2v) is 8.60. The van der Waals surface area contributed by atoms with E-state index in [1.54, 1.807) is 7.11 Å². The fourth-order valence-corrected chi connectivity index (χ4v) is 4.34. The SMILES string of the molecule is COCCCn1c(SCC(=O)c2cc(C)c(C)cc2C)nnc1-c1ccccc1Cl. The Kier molecular flexibility index (Phi) is 7.69. The molecule has 1 heterocycles. The van der Waals surface area contributed by atoms with Crippen LogP contribution in [0.1, 0.15) is 33.5 Å². The predicted molar refractivity (Wildman–Crippen MR) is 123 cm³/mol. The molecule has 0 amide bonds. The molecule has 0 radical (unpaired) electrons. The molecule has 0 bridgehead atoms. The van der Waals surface area contributed by atoms with Crippen molar-refractivity contribution in [2.24, 2.45) is 0 Å². The Morgan fingerprint density at radius 3 is 2.57 bits per heavy atom. The molecule has 0 unspecified atom stereocenters. The maximum atomic E-state index is 12.9. The van der Waals surface area contributed by atoms with Crippen molar-refractivity contribution in [3.63, 3.8) is 0 Å². The van der Waals surface area contributed by atoms with Gasteiger partial charge in [0.25, 0.3) is 0 Å². The summed E-state index contributed by atoms with van der Waals surface area (Å²) in [5.74, 6) is 1.09. The van der Waals surface area contributed by atoms with E-state index in [4.69, 9.17) is 16.3 Å². The second-order valence-electron chi connectivity index (χ2n) is 7.25. The third-order valence-electron chi connectivity index (χ3n) is 5.04. The summed E-state index contributed by atoms with van der Waals surface area (Å²) in [4.78, 5) is 12.9. The molecule has 0 atom stereocenters. The van der Waals surface area contributed by atoms with Gasteiger partial charge in [0.2, 0.25) is 0 Å². The molecule has 7 heteroatoms. The third kappa shape index (κ3) is 5.12. The van der Waals surface area contributed by atoms with Crippen LogP contribution in [0, 0.1) is 20.8 Å². The molecule has 0 N–H and O–H groups in total. The van der Waals surface area contributed by atoms with Gasteiger partial charge in [-0.15, -0.1) is 10.2 Å². The van der Waals surface area contributed by atoms with Gasteiger partial charge in [0.05, 0.1) is 10.8 Å². The first kappa shape index (κ1) is 22.5. The maximum absolute atomic E-state index is 12.9. The highest BCUT2D eigenvalue weighted by atomic mass is 35.5. The van der Waals surface area contributed by atoms with E-state index in [1.807, 2.05) is 48.7 Å². The number of methoxy groups -OCH3 is 1. The standard InChI is InChI=1S/C23H26ClN3O2S/c1-15-12-17(3)19(13-16(15)2)21(28)14-30-23-26-25-22(27(23)10-7-11-29-4)18-8-5-6-9-20(18)24/h5-6,8-9,12-13H,7,10-11,14H2,1-4H3. The zero-order chi connectivity index (χ0) is 21.7. The number of thioether (sulfide) groups is 1. The zero-order valence-electron chi connectivity index (χ0n) is 17.7. The van der Waals surface area contributed by atoms with Gasteiger partial charge in [0, 0.05) is 31.4 Å². The highest BCUT2D eigenvalue weighted by molar-refractivity contribution is 7.99. The fourth-order valence-electron chi connectivity index (χ4n) is 3.27. The number of carbonyl (C=O) groups is 1. The van der Waals surface area contributed by atoms with Crippen LogP contribution in [0.25, 0.3) is 11.4 Å². The Balaban J connectivity index is 1.84. The highest BCUT2D eigenvalue weighted by Crippen LogP contribution is 2.30. The van der Waals surface area contributed by atoms with E-state index < -0.39 is 0 Å². The van der Waals surface area contributed by atoms with Gasteiger partial charge in [0.15, 0.2) is 16.8 Å². The lowest BCUT2D eigenvalue weighted by molar-refractivity contribution is 0.102. The summed E-state index contributed by atoms with van der Waals surface area (Å²) in [6.07, 6.45) is 0.809. The number of benzene rings is 2. The number of hydrogen-bond acceptors (Lipinski definition) is 5. The monoisotopic (exact) mass is 443 g/mol. The number of aryl methyl sites for hydroxylation is 3. The van der Waals surface area contributed by atoms with Gasteiger partial charge in [0.1, 0.15) is 0 Å². The summed E-state index contributed by atoms with van der Waals surface area (Å²) in [7, 11) is 1.68. The van der Waals surface area contributed by atoms with Gasteiger partial charge >= 0.3 is 0 Å². The van der Waals surface area contributed by atoms with Crippen LogP contribution >= 0.6 is 23.4 Å². The number of halogens is 1. The largest absolute Gasteiger partial charge is 0.385 e. The summed E-state index contributed by atoms with van der Waals surface area (Å²) in [6, 6.07) is 11.6. The van der Waals surface area contributed by atoms with Crippen LogP contribution < -0.4 is 0 Å². The van der Waals surface area contributed by atoms with Crippen molar-refractivity contribution in [2.75, 3.05) is 19.5 Å². The maximum Gasteiger partial charge on any atom is 0.191 e. The van der Waals surface area contributed by atoms with Crippen LogP contribution in [0.15, 0.2) is 41.6 Å². The minimum atomic E-state index is 0.0892. The van der Waals surface area contributed by atoms with Crippen LogP contribution in [-0.2, 0) is 11.3 Å². The second kappa shape index (κ2) is 10.2. The summed E-state index contributed by atoms with van der Waals surface area (Å²) < 4.78 is 7.22. The van der Waals surface area contributed by atoms with Crippen molar-refractivity contribution < 1.29 is 9.53 Å². The van der Waals surface area contributed by atoms with Crippen LogP contribution in [-0.4, -0.2) is 40.0 Å². The van der Waals surface area contributed by atoms with E-state index in [0.717, 1.165) is 28.7 Å². The smallest absolute Gasteiger partial charge is 0.191 e. The van der Waals surface area contributed by atoms with Crippen LogP contribution in [0.3, 0.4) is 0 Å². The van der Waals surface area contributed by atoms with E-state index >= 15 is 0 Å². The molecule has 0 saturated carbocycles. The lowest BCUT2D eigenvalue weighted by atomic mass is 9.99. The van der Waals surface area contributed by atoms with E-state index in [-0.39, 0.29) is 5.78 Å². The molecule has 0 aliphatic heterocycles. The molecule has 0 fully saturated rings. The zero-order valence-corrected chi connectivity index (χ0v) is 19.3. The molecule has 0 saturated heterocycles. The average molecular weight is 444 g/mol. The van der Waals surface area contributed by atoms with E-state index in [1.165, 1.54) is 17.3 Å². The highest BCUT2D eigenvalue weighted by Gasteiger charge is 2.18. The van der Waals surface area contributed by atoms with Crippen molar-refractivity contribution in [3.05, 3.63) is 63.7 Å². The van der Waals surface area contributed by atoms with Crippen molar-refractivity contribution >= 4 is 29.1 Å². The van der Waals surface area contributed by atoms with E-state index in [9.17, 15) is 4.79 Å². The van der Waals surface area contributed by atoms with Crippen molar-refractivity contribution in [1.29, 1.82) is 0 Å². The fraction of sp³-hybridized carbons (Fsp3) is 0.348. The predicted octanol–water partition coefficient (Wildman–Crippen LogP) is 5.54. The molecule has 30 heavy (non-hydrogen) atoms. The van der Waals surface area contributed by atoms with Gasteiger partial charge in [-0.2, -0.15) is 0 Å². The van der Waals surface area contributed by atoms with Gasteiger partial charge in [-0.05, 0) is 62.1 Å². The summed E-state index contributed by atoms with van der Waals surface area (Å²) in [5.41, 5.74) is 4.91. The number of nitrogens with zero attached hydrogens (tertiary/aromatic N) is 3. The molecule has 0 aliphatic rings. The van der Waals surface area contributed by atoms with Crippen molar-refractivity contribution in [1.82, 2.24) is 14.8 Å². The van der Waals surface area contributed by atoms with Crippen molar-refractivity contribution in [2.45, 2.75) is 38.9 Å². The van der Waals surface area contributed by atoms with Crippen LogP contribution in [0.2, 0.25) is 5.02 Å². The van der Waals surface area contributed by atoms with Gasteiger partial charge in [-0.3, -0.25) is 4.79 Å². The van der Waals surface area contributed by atoms with Crippen LogP contribution in [0.4, 0.5) is 0 Å². The van der Waals surface area contributed by atoms with Crippen LogP contribution in [0.5, 0.6) is 0 Å². The molecule has 3 rings (SSSR count). The molecule has 5 nitrogen and oxygen atoms in total. The Morgan fingerprint density at radius 1 is 1.10 bits per heavy atom. The summed E-state index contributed by atoms with van der Waals surface area (Å²) in [5, 5.41) is 10.1. The number of hydrogen-bond donors (Lipinski definition) is 0. The average Bonchev–Trinajstić information content (AvgIpc) is 3.12. The number of rotatable bonds is 9. The molecular weight excluding hydrogens is 418 g/mol.